The number of carbonyl (C=O) groups is 1. The molecule has 0 bridgehead atoms. The summed E-state index contributed by atoms with van der Waals surface area (Å²) in [7, 11) is 0. The molecule has 0 amide bonds. The summed E-state index contributed by atoms with van der Waals surface area (Å²) in [6, 6.07) is 12.6. The number of hydrogen-bond acceptors (Lipinski definition) is 3. The van der Waals surface area contributed by atoms with E-state index in [2.05, 4.69) is 5.32 Å². The van der Waals surface area contributed by atoms with Crippen molar-refractivity contribution in [3.8, 4) is 0 Å². The van der Waals surface area contributed by atoms with Crippen molar-refractivity contribution >= 4 is 28.8 Å². The number of ketones is 1. The van der Waals surface area contributed by atoms with Crippen LogP contribution < -0.4 is 11.1 Å². The van der Waals surface area contributed by atoms with Gasteiger partial charge in [-0.25, -0.2) is 0 Å². The number of aryl methyl sites for hydroxylation is 1. The van der Waals surface area contributed by atoms with E-state index in [1.54, 1.807) is 24.3 Å². The molecular weight excluding hydrogens is 260 g/mol. The highest BCUT2D eigenvalue weighted by atomic mass is 35.5. The van der Waals surface area contributed by atoms with E-state index in [4.69, 9.17) is 17.3 Å². The first kappa shape index (κ1) is 13.4. The van der Waals surface area contributed by atoms with Crippen LogP contribution in [0, 0.1) is 6.92 Å². The Bertz CT molecular complexity index is 594. The van der Waals surface area contributed by atoms with Gasteiger partial charge in [0.2, 0.25) is 0 Å². The molecule has 0 fully saturated rings. The molecule has 0 atom stereocenters. The van der Waals surface area contributed by atoms with Gasteiger partial charge in [0.05, 0.1) is 6.54 Å². The Morgan fingerprint density at radius 1 is 1.21 bits per heavy atom. The van der Waals surface area contributed by atoms with Crippen molar-refractivity contribution in [2.24, 2.45) is 0 Å². The lowest BCUT2D eigenvalue weighted by molar-refractivity contribution is 0.101. The van der Waals surface area contributed by atoms with Crippen molar-refractivity contribution < 1.29 is 4.79 Å². The number of carbonyl (C=O) groups excluding carboxylic acids is 1. The molecular formula is C15H15ClN2O. The second kappa shape index (κ2) is 5.76. The third-order valence-electron chi connectivity index (χ3n) is 2.90. The molecule has 0 spiro atoms. The molecule has 2 aromatic carbocycles. The van der Waals surface area contributed by atoms with Crippen LogP contribution in [0.25, 0.3) is 0 Å². The number of nitrogens with one attached hydrogen (secondary N) is 1. The minimum Gasteiger partial charge on any atom is -0.398 e. The average Bonchev–Trinajstić information content (AvgIpc) is 2.41. The fourth-order valence-corrected chi connectivity index (χ4v) is 1.79. The summed E-state index contributed by atoms with van der Waals surface area (Å²) in [5, 5.41) is 3.72. The standard InChI is InChI=1S/C15H15ClN2O/c1-10-2-3-11(8-14(10)17)15(19)9-18-13-6-4-12(16)5-7-13/h2-8,18H,9,17H2,1H3. The molecule has 0 unspecified atom stereocenters. The predicted octanol–water partition coefficient (Wildman–Crippen LogP) is 3.53. The van der Waals surface area contributed by atoms with Gasteiger partial charge in [-0.2, -0.15) is 0 Å². The average molecular weight is 275 g/mol. The van der Waals surface area contributed by atoms with E-state index in [1.165, 1.54) is 0 Å². The highest BCUT2D eigenvalue weighted by Crippen LogP contribution is 2.15. The summed E-state index contributed by atoms with van der Waals surface area (Å²) in [6.07, 6.45) is 0. The number of nitrogen functional groups attached to an aromatic ring is 1. The SMILES string of the molecule is Cc1ccc(C(=O)CNc2ccc(Cl)cc2)cc1N. The number of anilines is 2. The van der Waals surface area contributed by atoms with Crippen molar-refractivity contribution in [3.63, 3.8) is 0 Å². The molecule has 0 saturated carbocycles. The first-order chi connectivity index (χ1) is 9.06. The van der Waals surface area contributed by atoms with Crippen molar-refractivity contribution in [1.82, 2.24) is 0 Å². The van der Waals surface area contributed by atoms with Gasteiger partial charge in [0.15, 0.2) is 5.78 Å². The van der Waals surface area contributed by atoms with Crippen LogP contribution >= 0.6 is 11.6 Å². The van der Waals surface area contributed by atoms with E-state index in [0.717, 1.165) is 11.3 Å². The third kappa shape index (κ3) is 3.48. The minimum atomic E-state index is 0.00153. The van der Waals surface area contributed by atoms with Gasteiger partial charge in [-0.3, -0.25) is 4.79 Å². The van der Waals surface area contributed by atoms with Gasteiger partial charge >= 0.3 is 0 Å². The monoisotopic (exact) mass is 274 g/mol. The van der Waals surface area contributed by atoms with Crippen molar-refractivity contribution in [2.45, 2.75) is 6.92 Å². The van der Waals surface area contributed by atoms with E-state index in [1.807, 2.05) is 25.1 Å². The van der Waals surface area contributed by atoms with Gasteiger partial charge in [-0.1, -0.05) is 23.7 Å². The van der Waals surface area contributed by atoms with Gasteiger partial charge < -0.3 is 11.1 Å². The Balaban J connectivity index is 2.01. The second-order valence-electron chi connectivity index (χ2n) is 4.35. The van der Waals surface area contributed by atoms with Crippen molar-refractivity contribution in [1.29, 1.82) is 0 Å². The molecule has 98 valence electrons. The quantitative estimate of drug-likeness (QED) is 0.662. The minimum absolute atomic E-state index is 0.00153. The molecule has 0 aliphatic rings. The fourth-order valence-electron chi connectivity index (χ4n) is 1.67. The lowest BCUT2D eigenvalue weighted by atomic mass is 10.1. The summed E-state index contributed by atoms with van der Waals surface area (Å²) in [5.41, 5.74) is 8.88. The molecule has 3 N–H and O–H groups in total. The van der Waals surface area contributed by atoms with E-state index < -0.39 is 0 Å². The fraction of sp³-hybridized carbons (Fsp3) is 0.133. The highest BCUT2D eigenvalue weighted by Gasteiger charge is 2.07. The highest BCUT2D eigenvalue weighted by molar-refractivity contribution is 6.30. The van der Waals surface area contributed by atoms with E-state index in [-0.39, 0.29) is 12.3 Å². The van der Waals surface area contributed by atoms with Crippen molar-refractivity contribution in [2.75, 3.05) is 17.6 Å². The van der Waals surface area contributed by atoms with Crippen molar-refractivity contribution in [3.05, 3.63) is 58.6 Å². The van der Waals surface area contributed by atoms with Crippen LogP contribution in [-0.2, 0) is 0 Å². The van der Waals surface area contributed by atoms with Gasteiger partial charge in [-0.05, 0) is 42.8 Å². The maximum absolute atomic E-state index is 12.0. The molecule has 0 aliphatic heterocycles. The lowest BCUT2D eigenvalue weighted by Gasteiger charge is -2.07. The van der Waals surface area contributed by atoms with E-state index >= 15 is 0 Å². The van der Waals surface area contributed by atoms with Gasteiger partial charge in [0.1, 0.15) is 0 Å². The topological polar surface area (TPSA) is 55.1 Å². The van der Waals surface area contributed by atoms with Crippen LogP contribution in [0.15, 0.2) is 42.5 Å². The van der Waals surface area contributed by atoms with Crippen LogP contribution in [0.2, 0.25) is 5.02 Å². The predicted molar refractivity (Wildman–Crippen MR) is 79.9 cm³/mol. The normalized spacial score (nSPS) is 10.2. The Labute approximate surface area is 117 Å². The van der Waals surface area contributed by atoms with Crippen LogP contribution in [0.4, 0.5) is 11.4 Å². The largest absolute Gasteiger partial charge is 0.398 e. The van der Waals surface area contributed by atoms with Gasteiger partial charge in [0.25, 0.3) is 0 Å². The molecule has 2 aromatic rings. The number of Topliss-reactive ketones (excluding diaryl/α,β-unsaturated/α-hetero) is 1. The Kier molecular flexibility index (Phi) is 4.07. The maximum Gasteiger partial charge on any atom is 0.181 e. The Morgan fingerprint density at radius 3 is 2.53 bits per heavy atom. The summed E-state index contributed by atoms with van der Waals surface area (Å²) < 4.78 is 0. The zero-order valence-electron chi connectivity index (χ0n) is 10.6. The van der Waals surface area contributed by atoms with Crippen LogP contribution in [-0.4, -0.2) is 12.3 Å². The lowest BCUT2D eigenvalue weighted by Crippen LogP contribution is -2.14. The van der Waals surface area contributed by atoms with Crippen LogP contribution in [0.3, 0.4) is 0 Å². The first-order valence-corrected chi connectivity index (χ1v) is 6.33. The number of hydrogen-bond donors (Lipinski definition) is 2. The number of halogens is 1. The van der Waals surface area contributed by atoms with E-state index in [0.29, 0.717) is 16.3 Å². The molecule has 0 aliphatic carbocycles. The molecule has 2 rings (SSSR count). The van der Waals surface area contributed by atoms with Gasteiger partial charge in [-0.15, -0.1) is 0 Å². The Morgan fingerprint density at radius 2 is 1.89 bits per heavy atom. The Hall–Kier alpha value is -2.00. The number of benzene rings is 2. The molecule has 0 heterocycles. The molecule has 0 aromatic heterocycles. The van der Waals surface area contributed by atoms with Gasteiger partial charge in [0, 0.05) is 22.0 Å². The molecule has 19 heavy (non-hydrogen) atoms. The summed E-state index contributed by atoms with van der Waals surface area (Å²) in [6.45, 7) is 2.14. The second-order valence-corrected chi connectivity index (χ2v) is 4.79. The first-order valence-electron chi connectivity index (χ1n) is 5.95. The zero-order chi connectivity index (χ0) is 13.8. The summed E-state index contributed by atoms with van der Waals surface area (Å²) in [5.74, 6) is 0.00153. The number of rotatable bonds is 4. The van der Waals surface area contributed by atoms with Crippen LogP contribution in [0.1, 0.15) is 15.9 Å². The summed E-state index contributed by atoms with van der Waals surface area (Å²) >= 11 is 5.79. The molecule has 0 radical (unpaired) electrons. The smallest absolute Gasteiger partial charge is 0.181 e. The number of nitrogens with two attached hydrogens (primary N) is 1. The zero-order valence-corrected chi connectivity index (χ0v) is 11.4. The molecule has 0 saturated heterocycles. The molecule has 3 nitrogen and oxygen atoms in total. The molecule has 4 heteroatoms. The van der Waals surface area contributed by atoms with Crippen LogP contribution in [0.5, 0.6) is 0 Å². The van der Waals surface area contributed by atoms with E-state index in [9.17, 15) is 4.79 Å². The maximum atomic E-state index is 12.0. The summed E-state index contributed by atoms with van der Waals surface area (Å²) in [4.78, 5) is 12.0. The third-order valence-corrected chi connectivity index (χ3v) is 3.15.